The minimum absolute atomic E-state index is 0.101. The maximum atomic E-state index is 11.6. The lowest BCUT2D eigenvalue weighted by Gasteiger charge is -2.22. The molecule has 0 bridgehead atoms. The van der Waals surface area contributed by atoms with Gasteiger partial charge in [0.05, 0.1) is 12.6 Å². The highest BCUT2D eigenvalue weighted by molar-refractivity contribution is 5.76. The van der Waals surface area contributed by atoms with E-state index < -0.39 is 0 Å². The highest BCUT2D eigenvalue weighted by Gasteiger charge is 2.26. The van der Waals surface area contributed by atoms with Gasteiger partial charge in [0.15, 0.2) is 0 Å². The zero-order valence-electron chi connectivity index (χ0n) is 8.33. The van der Waals surface area contributed by atoms with E-state index in [-0.39, 0.29) is 18.6 Å². The summed E-state index contributed by atoms with van der Waals surface area (Å²) >= 11 is 0. The van der Waals surface area contributed by atoms with Crippen molar-refractivity contribution >= 4 is 5.91 Å². The van der Waals surface area contributed by atoms with Crippen molar-refractivity contribution in [1.82, 2.24) is 4.90 Å². The van der Waals surface area contributed by atoms with Crippen LogP contribution >= 0.6 is 0 Å². The first kappa shape index (κ1) is 10.5. The average Bonchev–Trinajstić information content (AvgIpc) is 2.61. The largest absolute Gasteiger partial charge is 0.394 e. The van der Waals surface area contributed by atoms with Crippen LogP contribution in [0.25, 0.3) is 0 Å². The molecule has 1 atom stereocenters. The molecule has 0 spiro atoms. The Balaban J connectivity index is 2.36. The molecule has 0 aromatic carbocycles. The van der Waals surface area contributed by atoms with Gasteiger partial charge in [-0.3, -0.25) is 4.79 Å². The molecule has 76 valence electrons. The lowest BCUT2D eigenvalue weighted by Crippen LogP contribution is -2.37. The summed E-state index contributed by atoms with van der Waals surface area (Å²) in [5.74, 6) is 0.221. The number of rotatable bonds is 4. The number of amides is 1. The number of hydrogen-bond acceptors (Lipinski definition) is 2. The fourth-order valence-corrected chi connectivity index (χ4v) is 1.83. The van der Waals surface area contributed by atoms with Gasteiger partial charge in [-0.15, -0.1) is 0 Å². The molecule has 1 saturated heterocycles. The summed E-state index contributed by atoms with van der Waals surface area (Å²) in [4.78, 5) is 13.4. The van der Waals surface area contributed by atoms with Gasteiger partial charge in [-0.05, 0) is 19.3 Å². The van der Waals surface area contributed by atoms with E-state index >= 15 is 0 Å². The molecular formula is C10H19NO2. The maximum Gasteiger partial charge on any atom is 0.222 e. The van der Waals surface area contributed by atoms with E-state index in [9.17, 15) is 4.79 Å². The molecule has 13 heavy (non-hydrogen) atoms. The van der Waals surface area contributed by atoms with Crippen molar-refractivity contribution in [2.45, 2.75) is 45.1 Å². The van der Waals surface area contributed by atoms with Gasteiger partial charge in [-0.1, -0.05) is 13.3 Å². The topological polar surface area (TPSA) is 40.5 Å². The van der Waals surface area contributed by atoms with Crippen LogP contribution in [-0.2, 0) is 4.79 Å². The number of carbonyl (C=O) groups is 1. The second-order valence-corrected chi connectivity index (χ2v) is 3.67. The number of likely N-dealkylation sites (tertiary alicyclic amines) is 1. The number of unbranched alkanes of at least 4 members (excludes halogenated alkanes) is 1. The Morgan fingerprint density at radius 2 is 2.38 bits per heavy atom. The maximum absolute atomic E-state index is 11.6. The molecule has 3 heteroatoms. The first-order chi connectivity index (χ1) is 6.29. The number of hydrogen-bond donors (Lipinski definition) is 1. The van der Waals surface area contributed by atoms with Gasteiger partial charge in [-0.2, -0.15) is 0 Å². The minimum atomic E-state index is 0.101. The second-order valence-electron chi connectivity index (χ2n) is 3.67. The third kappa shape index (κ3) is 2.69. The molecule has 0 aromatic heterocycles. The summed E-state index contributed by atoms with van der Waals surface area (Å²) in [5.41, 5.74) is 0. The molecule has 0 aromatic rings. The van der Waals surface area contributed by atoms with Crippen LogP contribution in [0.1, 0.15) is 39.0 Å². The molecule has 1 aliphatic heterocycles. The zero-order chi connectivity index (χ0) is 9.68. The van der Waals surface area contributed by atoms with Gasteiger partial charge in [0.25, 0.3) is 0 Å². The third-order valence-electron chi connectivity index (χ3n) is 2.65. The average molecular weight is 185 g/mol. The lowest BCUT2D eigenvalue weighted by molar-refractivity contribution is -0.132. The molecule has 1 N–H and O–H groups in total. The summed E-state index contributed by atoms with van der Waals surface area (Å²) in [7, 11) is 0. The number of nitrogens with zero attached hydrogens (tertiary/aromatic N) is 1. The SMILES string of the molecule is CCCCC(=O)N1CCCC1CO. The molecule has 1 amide bonds. The first-order valence-electron chi connectivity index (χ1n) is 5.20. The van der Waals surface area contributed by atoms with E-state index in [2.05, 4.69) is 6.92 Å². The van der Waals surface area contributed by atoms with Crippen molar-refractivity contribution in [3.63, 3.8) is 0 Å². The van der Waals surface area contributed by atoms with Crippen molar-refractivity contribution in [3.05, 3.63) is 0 Å². The van der Waals surface area contributed by atoms with Crippen LogP contribution in [0.15, 0.2) is 0 Å². The Kier molecular flexibility index (Phi) is 4.22. The van der Waals surface area contributed by atoms with Crippen LogP contribution in [0, 0.1) is 0 Å². The first-order valence-corrected chi connectivity index (χ1v) is 5.20. The molecule has 1 aliphatic rings. The molecule has 1 rings (SSSR count). The van der Waals surface area contributed by atoms with Crippen LogP contribution < -0.4 is 0 Å². The minimum Gasteiger partial charge on any atom is -0.394 e. The zero-order valence-corrected chi connectivity index (χ0v) is 8.33. The van der Waals surface area contributed by atoms with Gasteiger partial charge < -0.3 is 10.0 Å². The Morgan fingerprint density at radius 1 is 1.62 bits per heavy atom. The summed E-state index contributed by atoms with van der Waals surface area (Å²) in [5, 5.41) is 9.02. The number of carbonyl (C=O) groups excluding carboxylic acids is 1. The molecule has 3 nitrogen and oxygen atoms in total. The Morgan fingerprint density at radius 3 is 3.00 bits per heavy atom. The highest BCUT2D eigenvalue weighted by atomic mass is 16.3. The third-order valence-corrected chi connectivity index (χ3v) is 2.65. The summed E-state index contributed by atoms with van der Waals surface area (Å²) < 4.78 is 0. The van der Waals surface area contributed by atoms with Crippen LogP contribution in [0.5, 0.6) is 0 Å². The Labute approximate surface area is 79.7 Å². The van der Waals surface area contributed by atoms with E-state index in [1.165, 1.54) is 0 Å². The summed E-state index contributed by atoms with van der Waals surface area (Å²) in [6.45, 7) is 3.05. The lowest BCUT2D eigenvalue weighted by atomic mass is 10.2. The smallest absolute Gasteiger partial charge is 0.222 e. The Bertz CT molecular complexity index is 170. The molecule has 0 aliphatic carbocycles. The molecule has 1 fully saturated rings. The molecule has 0 radical (unpaired) electrons. The predicted octanol–water partition coefficient (Wildman–Crippen LogP) is 1.16. The van der Waals surface area contributed by atoms with Crippen molar-refractivity contribution in [2.24, 2.45) is 0 Å². The quantitative estimate of drug-likeness (QED) is 0.714. The fraction of sp³-hybridized carbons (Fsp3) is 0.900. The molecule has 1 heterocycles. The molecule has 1 unspecified atom stereocenters. The van der Waals surface area contributed by atoms with Gasteiger partial charge in [0.1, 0.15) is 0 Å². The fourth-order valence-electron chi connectivity index (χ4n) is 1.83. The number of aliphatic hydroxyl groups excluding tert-OH is 1. The standard InChI is InChI=1S/C10H19NO2/c1-2-3-6-10(13)11-7-4-5-9(11)8-12/h9,12H,2-8H2,1H3. The highest BCUT2D eigenvalue weighted by Crippen LogP contribution is 2.18. The Hall–Kier alpha value is -0.570. The van der Waals surface area contributed by atoms with E-state index in [0.717, 1.165) is 32.2 Å². The summed E-state index contributed by atoms with van der Waals surface area (Å²) in [6.07, 6.45) is 4.68. The van der Waals surface area contributed by atoms with Gasteiger partial charge in [0, 0.05) is 13.0 Å². The molecular weight excluding hydrogens is 166 g/mol. The van der Waals surface area contributed by atoms with Crippen molar-refractivity contribution < 1.29 is 9.90 Å². The van der Waals surface area contributed by atoms with Gasteiger partial charge in [0.2, 0.25) is 5.91 Å². The van der Waals surface area contributed by atoms with Crippen molar-refractivity contribution in [1.29, 1.82) is 0 Å². The van der Waals surface area contributed by atoms with Crippen LogP contribution in [0.2, 0.25) is 0 Å². The summed E-state index contributed by atoms with van der Waals surface area (Å²) in [6, 6.07) is 0.101. The van der Waals surface area contributed by atoms with Crippen LogP contribution in [-0.4, -0.2) is 35.1 Å². The van der Waals surface area contributed by atoms with Crippen LogP contribution in [0.3, 0.4) is 0 Å². The van der Waals surface area contributed by atoms with E-state index in [1.54, 1.807) is 0 Å². The predicted molar refractivity (Wildman–Crippen MR) is 51.3 cm³/mol. The van der Waals surface area contributed by atoms with E-state index in [1.807, 2.05) is 4.90 Å². The normalized spacial score (nSPS) is 22.3. The monoisotopic (exact) mass is 185 g/mol. The van der Waals surface area contributed by atoms with E-state index in [4.69, 9.17) is 5.11 Å². The van der Waals surface area contributed by atoms with Crippen LogP contribution in [0.4, 0.5) is 0 Å². The van der Waals surface area contributed by atoms with Crippen molar-refractivity contribution in [2.75, 3.05) is 13.2 Å². The van der Waals surface area contributed by atoms with E-state index in [0.29, 0.717) is 6.42 Å². The van der Waals surface area contributed by atoms with Gasteiger partial charge in [-0.25, -0.2) is 0 Å². The second kappa shape index (κ2) is 5.22. The molecule has 0 saturated carbocycles. The van der Waals surface area contributed by atoms with Crippen molar-refractivity contribution in [3.8, 4) is 0 Å². The van der Waals surface area contributed by atoms with Gasteiger partial charge >= 0.3 is 0 Å². The number of aliphatic hydroxyl groups is 1.